The van der Waals surface area contributed by atoms with Crippen LogP contribution in [0.2, 0.25) is 0 Å². The third kappa shape index (κ3) is 8.44. The van der Waals surface area contributed by atoms with Crippen molar-refractivity contribution in [3.05, 3.63) is 87.9 Å². The number of aromatic nitrogens is 4. The van der Waals surface area contributed by atoms with Gasteiger partial charge in [0.15, 0.2) is 0 Å². The molecule has 270 valence electrons. The Hall–Kier alpha value is -3.88. The van der Waals surface area contributed by atoms with Crippen molar-refractivity contribution in [2.24, 2.45) is 7.05 Å². The van der Waals surface area contributed by atoms with E-state index < -0.39 is 0 Å². The predicted molar refractivity (Wildman–Crippen MR) is 198 cm³/mol. The first kappa shape index (κ1) is 36.9. The average molecular weight is 807 g/mol. The van der Waals surface area contributed by atoms with Gasteiger partial charge in [-0.25, -0.2) is 9.18 Å². The number of piperazine rings is 1. The van der Waals surface area contributed by atoms with Crippen molar-refractivity contribution in [2.75, 3.05) is 68.7 Å². The highest BCUT2D eigenvalue weighted by molar-refractivity contribution is 5.84. The number of halogens is 2. The van der Waals surface area contributed by atoms with Crippen LogP contribution in [0.1, 0.15) is 50.1 Å². The highest BCUT2D eigenvalue weighted by Gasteiger charge is 2.23. The molecule has 0 aliphatic carbocycles. The topological polar surface area (TPSA) is 77.8 Å². The summed E-state index contributed by atoms with van der Waals surface area (Å²) in [5, 5.41) is 10.5. The molecule has 2 aromatic carbocycles. The molecule has 5 aromatic rings. The van der Waals surface area contributed by atoms with Gasteiger partial charge in [0.05, 0.1) is 16.9 Å². The highest BCUT2D eigenvalue weighted by atomic mass is 127. The SMILES string of the molecule is CCN(CC)c1ccc2cc(/C=C/c3ccc4cc(F)c(N5CCN(Cc6cn(CCCN7CCCC7)nn6)CC5)cc4[n+]3C)c(=O)oc2c1.[I-]. The molecule has 2 aliphatic heterocycles. The van der Waals surface area contributed by atoms with Crippen molar-refractivity contribution in [1.29, 1.82) is 0 Å². The predicted octanol–water partition coefficient (Wildman–Crippen LogP) is 2.33. The molecule has 2 aliphatic rings. The summed E-state index contributed by atoms with van der Waals surface area (Å²) < 4.78 is 25.2. The van der Waals surface area contributed by atoms with E-state index in [0.29, 0.717) is 16.8 Å². The number of hydrogen-bond acceptors (Lipinski definition) is 8. The van der Waals surface area contributed by atoms with E-state index in [1.54, 1.807) is 12.1 Å². The summed E-state index contributed by atoms with van der Waals surface area (Å²) in [5.74, 6) is -0.218. The summed E-state index contributed by atoms with van der Waals surface area (Å²) in [6.45, 7) is 14.3. The van der Waals surface area contributed by atoms with Gasteiger partial charge in [-0.3, -0.25) is 9.58 Å². The summed E-state index contributed by atoms with van der Waals surface area (Å²) in [6.07, 6.45) is 9.50. The van der Waals surface area contributed by atoms with Crippen LogP contribution in [-0.4, -0.2) is 83.7 Å². The largest absolute Gasteiger partial charge is 1.00 e. The molecule has 0 unspecified atom stereocenters. The van der Waals surface area contributed by atoms with Gasteiger partial charge in [-0.2, -0.15) is 4.57 Å². The first-order chi connectivity index (χ1) is 24.4. The van der Waals surface area contributed by atoms with Gasteiger partial charge in [0.2, 0.25) is 11.2 Å². The number of rotatable bonds is 12. The van der Waals surface area contributed by atoms with Crippen molar-refractivity contribution >= 4 is 45.4 Å². The molecule has 51 heavy (non-hydrogen) atoms. The van der Waals surface area contributed by atoms with Crippen LogP contribution in [0.5, 0.6) is 0 Å². The maximum absolute atomic E-state index is 15.5. The van der Waals surface area contributed by atoms with E-state index in [1.165, 1.54) is 25.9 Å². The second-order valence-corrected chi connectivity index (χ2v) is 13.5. The Morgan fingerprint density at radius 1 is 0.902 bits per heavy atom. The van der Waals surface area contributed by atoms with Gasteiger partial charge in [-0.15, -0.1) is 5.10 Å². The number of aryl methyl sites for hydroxylation is 2. The zero-order valence-electron chi connectivity index (χ0n) is 29.9. The summed E-state index contributed by atoms with van der Waals surface area (Å²) in [7, 11) is 1.97. The molecule has 0 saturated carbocycles. The van der Waals surface area contributed by atoms with E-state index in [1.807, 2.05) is 58.8 Å². The van der Waals surface area contributed by atoms with Gasteiger partial charge in [0.1, 0.15) is 18.4 Å². The minimum Gasteiger partial charge on any atom is -1.00 e. The molecule has 0 radical (unpaired) electrons. The van der Waals surface area contributed by atoms with Crippen LogP contribution < -0.4 is 44.0 Å². The number of fused-ring (bicyclic) bond motifs is 2. The standard InChI is InChI=1S/C39H48FN8O2.HI/c1-4-46(5-2)34-14-10-30-23-31(39(49)50-38(30)25-34)11-13-33-12-9-29-24-35(40)37(26-36(29)43(33)3)47-21-19-45(20-22-47)27-32-28-48(42-41-32)18-8-17-44-15-6-7-16-44;/h9-14,23-26,28H,4-8,15-22,27H2,1-3H3;1H/q+1;/p-1. The fraction of sp³-hybridized carbons (Fsp3) is 0.436. The molecular weight excluding hydrogens is 758 g/mol. The summed E-state index contributed by atoms with van der Waals surface area (Å²) in [4.78, 5) is 22.2. The molecule has 0 bridgehead atoms. The number of likely N-dealkylation sites (tertiary alicyclic amines) is 1. The van der Waals surface area contributed by atoms with Crippen molar-refractivity contribution in [2.45, 2.75) is 46.2 Å². The Kier molecular flexibility index (Phi) is 12.0. The van der Waals surface area contributed by atoms with Crippen LogP contribution in [-0.2, 0) is 20.1 Å². The van der Waals surface area contributed by atoms with Crippen molar-refractivity contribution in [1.82, 2.24) is 24.8 Å². The molecule has 2 saturated heterocycles. The number of pyridine rings is 1. The minimum absolute atomic E-state index is 0. The van der Waals surface area contributed by atoms with Crippen LogP contribution in [0.4, 0.5) is 15.8 Å². The van der Waals surface area contributed by atoms with Crippen LogP contribution in [0, 0.1) is 5.82 Å². The zero-order chi connectivity index (χ0) is 34.6. The van der Waals surface area contributed by atoms with Crippen LogP contribution in [0.25, 0.3) is 34.0 Å². The lowest BCUT2D eigenvalue weighted by Crippen LogP contribution is -3.00. The molecule has 0 amide bonds. The van der Waals surface area contributed by atoms with Crippen molar-refractivity contribution in [3.63, 3.8) is 0 Å². The van der Waals surface area contributed by atoms with Gasteiger partial charge >= 0.3 is 5.63 Å². The summed E-state index contributed by atoms with van der Waals surface area (Å²) in [6, 6.07) is 15.3. The normalized spacial score (nSPS) is 15.7. The monoisotopic (exact) mass is 806 g/mol. The van der Waals surface area contributed by atoms with Crippen LogP contribution in [0.15, 0.2) is 63.9 Å². The van der Waals surface area contributed by atoms with E-state index in [9.17, 15) is 4.79 Å². The molecule has 2 fully saturated rings. The first-order valence-electron chi connectivity index (χ1n) is 18.1. The maximum Gasteiger partial charge on any atom is 0.343 e. The molecule has 5 heterocycles. The lowest BCUT2D eigenvalue weighted by atomic mass is 10.1. The molecule has 0 N–H and O–H groups in total. The molecule has 10 nitrogen and oxygen atoms in total. The minimum atomic E-state index is -0.380. The Balaban J connectivity index is 0.00000448. The molecule has 0 atom stereocenters. The third-order valence-corrected chi connectivity index (χ3v) is 10.3. The van der Waals surface area contributed by atoms with Gasteiger partial charge in [0, 0.05) is 99.3 Å². The third-order valence-electron chi connectivity index (χ3n) is 10.3. The second-order valence-electron chi connectivity index (χ2n) is 13.5. The van der Waals surface area contributed by atoms with E-state index in [2.05, 4.69) is 56.0 Å². The van der Waals surface area contributed by atoms with Crippen LogP contribution >= 0.6 is 0 Å². The molecule has 0 spiro atoms. The van der Waals surface area contributed by atoms with E-state index in [-0.39, 0.29) is 35.4 Å². The number of anilines is 2. The van der Waals surface area contributed by atoms with Crippen LogP contribution in [0.3, 0.4) is 0 Å². The first-order valence-corrected chi connectivity index (χ1v) is 18.1. The van der Waals surface area contributed by atoms with Gasteiger partial charge in [-0.1, -0.05) is 5.21 Å². The Morgan fingerprint density at radius 3 is 2.43 bits per heavy atom. The smallest absolute Gasteiger partial charge is 0.343 e. The Bertz CT molecular complexity index is 2040. The van der Waals surface area contributed by atoms with Gasteiger partial charge in [-0.05, 0) is 89.2 Å². The second kappa shape index (κ2) is 16.6. The van der Waals surface area contributed by atoms with E-state index >= 15 is 4.39 Å². The van der Waals surface area contributed by atoms with E-state index in [0.717, 1.165) is 98.7 Å². The molecule has 3 aromatic heterocycles. The quantitative estimate of drug-likeness (QED) is 0.108. The van der Waals surface area contributed by atoms with Crippen molar-refractivity contribution in [3.8, 4) is 0 Å². The summed E-state index contributed by atoms with van der Waals surface area (Å²) in [5.41, 5.74) is 5.11. The average Bonchev–Trinajstić information content (AvgIpc) is 3.81. The fourth-order valence-corrected chi connectivity index (χ4v) is 7.38. The number of nitrogens with zero attached hydrogens (tertiary/aromatic N) is 8. The lowest BCUT2D eigenvalue weighted by Gasteiger charge is -2.35. The van der Waals surface area contributed by atoms with E-state index in [4.69, 9.17) is 4.42 Å². The molecule has 7 rings (SSSR count). The number of hydrogen-bond donors (Lipinski definition) is 0. The Labute approximate surface area is 316 Å². The van der Waals surface area contributed by atoms with Gasteiger partial charge < -0.3 is 43.1 Å². The van der Waals surface area contributed by atoms with Gasteiger partial charge in [0.25, 0.3) is 0 Å². The summed E-state index contributed by atoms with van der Waals surface area (Å²) >= 11 is 0. The van der Waals surface area contributed by atoms with Crippen molar-refractivity contribution < 1.29 is 37.4 Å². The maximum atomic E-state index is 15.5. The fourth-order valence-electron chi connectivity index (χ4n) is 7.38. The molecule has 12 heteroatoms. The Morgan fingerprint density at radius 2 is 1.67 bits per heavy atom. The lowest BCUT2D eigenvalue weighted by molar-refractivity contribution is -0.646. The highest BCUT2D eigenvalue weighted by Crippen LogP contribution is 2.27. The molecular formula is C39H48FIN8O2. The number of benzene rings is 2. The zero-order valence-corrected chi connectivity index (χ0v) is 32.1.